The summed E-state index contributed by atoms with van der Waals surface area (Å²) in [4.78, 5) is 12.5. The third kappa shape index (κ3) is 4.22. The molecule has 0 aliphatic carbocycles. The number of aromatic nitrogens is 4. The van der Waals surface area contributed by atoms with E-state index in [2.05, 4.69) is 26.2 Å². The van der Waals surface area contributed by atoms with Gasteiger partial charge in [-0.15, -0.1) is 5.10 Å². The molecule has 1 heterocycles. The molecule has 1 atom stereocenters. The molecular formula is C19H22N6O2. The van der Waals surface area contributed by atoms with Gasteiger partial charge in [0.25, 0.3) is 0 Å². The summed E-state index contributed by atoms with van der Waals surface area (Å²) in [7, 11) is 1.62. The van der Waals surface area contributed by atoms with E-state index in [0.29, 0.717) is 5.69 Å². The first kappa shape index (κ1) is 18.4. The topological polar surface area (TPSA) is 94.0 Å². The number of benzene rings is 2. The van der Waals surface area contributed by atoms with Gasteiger partial charge in [-0.3, -0.25) is 0 Å². The number of carbonyl (C=O) groups excluding carboxylic acids is 1. The van der Waals surface area contributed by atoms with Gasteiger partial charge in [0.2, 0.25) is 0 Å². The Balaban J connectivity index is 1.73. The Morgan fingerprint density at radius 2 is 2.00 bits per heavy atom. The van der Waals surface area contributed by atoms with Crippen molar-refractivity contribution in [2.24, 2.45) is 0 Å². The molecule has 8 heteroatoms. The molecule has 0 bridgehead atoms. The van der Waals surface area contributed by atoms with Crippen LogP contribution in [0.2, 0.25) is 0 Å². The van der Waals surface area contributed by atoms with E-state index in [1.54, 1.807) is 11.8 Å². The molecule has 27 heavy (non-hydrogen) atoms. The maximum Gasteiger partial charge on any atom is 0.319 e. The zero-order valence-corrected chi connectivity index (χ0v) is 15.7. The van der Waals surface area contributed by atoms with Crippen LogP contribution in [0.15, 0.2) is 42.7 Å². The predicted octanol–water partition coefficient (Wildman–Crippen LogP) is 3.17. The second kappa shape index (κ2) is 7.86. The summed E-state index contributed by atoms with van der Waals surface area (Å²) >= 11 is 0. The number of hydrogen-bond donors (Lipinski definition) is 2. The van der Waals surface area contributed by atoms with Gasteiger partial charge in [0.1, 0.15) is 12.1 Å². The largest absolute Gasteiger partial charge is 0.496 e. The standard InChI is InChI=1S/C19H22N6O2/c1-12-5-8-18(27-4)16(9-12)14(3)21-19(26)22-15-7-6-13(2)17(10-15)25-11-20-23-24-25/h5-11,14H,1-4H3,(H2,21,22,26)/t14-/m0/s1. The highest BCUT2D eigenvalue weighted by Gasteiger charge is 2.15. The molecule has 0 aliphatic heterocycles. The van der Waals surface area contributed by atoms with Gasteiger partial charge < -0.3 is 15.4 Å². The number of rotatable bonds is 5. The lowest BCUT2D eigenvalue weighted by Crippen LogP contribution is -2.31. The van der Waals surface area contributed by atoms with Crippen LogP contribution >= 0.6 is 0 Å². The second-order valence-corrected chi connectivity index (χ2v) is 6.32. The number of carbonyl (C=O) groups is 1. The van der Waals surface area contributed by atoms with Crippen LogP contribution in [0.25, 0.3) is 5.69 Å². The highest BCUT2D eigenvalue weighted by Crippen LogP contribution is 2.26. The van der Waals surface area contributed by atoms with Crippen molar-refractivity contribution in [2.75, 3.05) is 12.4 Å². The molecule has 0 unspecified atom stereocenters. The molecule has 2 N–H and O–H groups in total. The number of aryl methyl sites for hydroxylation is 2. The number of nitrogens with one attached hydrogen (secondary N) is 2. The molecule has 0 fully saturated rings. The third-order valence-electron chi connectivity index (χ3n) is 4.26. The summed E-state index contributed by atoms with van der Waals surface area (Å²) in [5.41, 5.74) is 4.46. The van der Waals surface area contributed by atoms with E-state index in [-0.39, 0.29) is 12.1 Å². The molecule has 2 aromatic carbocycles. The molecule has 0 saturated carbocycles. The Kier molecular flexibility index (Phi) is 5.35. The van der Waals surface area contributed by atoms with Crippen LogP contribution in [0, 0.1) is 13.8 Å². The third-order valence-corrected chi connectivity index (χ3v) is 4.26. The molecule has 0 aliphatic rings. The van der Waals surface area contributed by atoms with Gasteiger partial charge in [0, 0.05) is 11.3 Å². The lowest BCUT2D eigenvalue weighted by molar-refractivity contribution is 0.249. The van der Waals surface area contributed by atoms with Crippen molar-refractivity contribution in [3.63, 3.8) is 0 Å². The van der Waals surface area contributed by atoms with Crippen LogP contribution < -0.4 is 15.4 Å². The average Bonchev–Trinajstić information content (AvgIpc) is 3.17. The van der Waals surface area contributed by atoms with Crippen molar-refractivity contribution in [3.8, 4) is 11.4 Å². The van der Waals surface area contributed by atoms with Gasteiger partial charge in [-0.1, -0.05) is 23.8 Å². The number of anilines is 1. The second-order valence-electron chi connectivity index (χ2n) is 6.32. The summed E-state index contributed by atoms with van der Waals surface area (Å²) in [6, 6.07) is 10.9. The zero-order valence-electron chi connectivity index (χ0n) is 15.7. The van der Waals surface area contributed by atoms with E-state index in [1.807, 2.05) is 57.2 Å². The maximum absolute atomic E-state index is 12.5. The first-order chi connectivity index (χ1) is 13.0. The van der Waals surface area contributed by atoms with Gasteiger partial charge in [-0.2, -0.15) is 0 Å². The van der Waals surface area contributed by atoms with Crippen molar-refractivity contribution in [1.29, 1.82) is 0 Å². The fourth-order valence-corrected chi connectivity index (χ4v) is 2.84. The van der Waals surface area contributed by atoms with Gasteiger partial charge in [-0.05, 0) is 55.0 Å². The minimum atomic E-state index is -0.308. The number of amides is 2. The van der Waals surface area contributed by atoms with Crippen LogP contribution in [0.1, 0.15) is 29.7 Å². The normalized spacial score (nSPS) is 11.7. The van der Waals surface area contributed by atoms with Gasteiger partial charge >= 0.3 is 6.03 Å². The van der Waals surface area contributed by atoms with E-state index >= 15 is 0 Å². The maximum atomic E-state index is 12.5. The number of tetrazole rings is 1. The summed E-state index contributed by atoms with van der Waals surface area (Å²) in [5, 5.41) is 17.0. The molecule has 1 aromatic heterocycles. The van der Waals surface area contributed by atoms with Crippen molar-refractivity contribution in [2.45, 2.75) is 26.8 Å². The lowest BCUT2D eigenvalue weighted by Gasteiger charge is -2.18. The van der Waals surface area contributed by atoms with Gasteiger partial charge in [0.15, 0.2) is 0 Å². The van der Waals surface area contributed by atoms with Crippen LogP contribution in [-0.4, -0.2) is 33.3 Å². The fraction of sp³-hybridized carbons (Fsp3) is 0.263. The van der Waals surface area contributed by atoms with E-state index in [0.717, 1.165) is 28.1 Å². The Morgan fingerprint density at radius 3 is 2.70 bits per heavy atom. The van der Waals surface area contributed by atoms with Crippen LogP contribution in [0.4, 0.5) is 10.5 Å². The summed E-state index contributed by atoms with van der Waals surface area (Å²) in [5.74, 6) is 0.740. The highest BCUT2D eigenvalue weighted by molar-refractivity contribution is 5.90. The average molecular weight is 366 g/mol. The number of hydrogen-bond acceptors (Lipinski definition) is 5. The fourth-order valence-electron chi connectivity index (χ4n) is 2.84. The molecule has 140 valence electrons. The quantitative estimate of drug-likeness (QED) is 0.723. The molecule has 8 nitrogen and oxygen atoms in total. The Hall–Kier alpha value is -3.42. The highest BCUT2D eigenvalue weighted by atomic mass is 16.5. The minimum Gasteiger partial charge on any atom is -0.496 e. The summed E-state index contributed by atoms with van der Waals surface area (Å²) in [6.07, 6.45) is 1.51. The van der Waals surface area contributed by atoms with Crippen molar-refractivity contribution >= 4 is 11.7 Å². The molecule has 0 spiro atoms. The van der Waals surface area contributed by atoms with E-state index in [1.165, 1.54) is 6.33 Å². The number of nitrogens with zero attached hydrogens (tertiary/aromatic N) is 4. The first-order valence-corrected chi connectivity index (χ1v) is 8.54. The Morgan fingerprint density at radius 1 is 1.19 bits per heavy atom. The molecule has 0 saturated heterocycles. The van der Waals surface area contributed by atoms with Crippen molar-refractivity contribution < 1.29 is 9.53 Å². The smallest absolute Gasteiger partial charge is 0.319 e. The SMILES string of the molecule is COc1ccc(C)cc1[C@H](C)NC(=O)Nc1ccc(C)c(-n2cnnn2)c1. The monoisotopic (exact) mass is 366 g/mol. The summed E-state index contributed by atoms with van der Waals surface area (Å²) in [6.45, 7) is 5.87. The molecule has 0 radical (unpaired) electrons. The van der Waals surface area contributed by atoms with Gasteiger partial charge in [-0.25, -0.2) is 9.48 Å². The van der Waals surface area contributed by atoms with E-state index in [4.69, 9.17) is 4.74 Å². The number of ether oxygens (including phenoxy) is 1. The minimum absolute atomic E-state index is 0.218. The van der Waals surface area contributed by atoms with Crippen molar-refractivity contribution in [3.05, 3.63) is 59.4 Å². The lowest BCUT2D eigenvalue weighted by atomic mass is 10.0. The number of urea groups is 1. The molecule has 3 aromatic rings. The Labute approximate surface area is 157 Å². The number of methoxy groups -OCH3 is 1. The molecular weight excluding hydrogens is 344 g/mol. The predicted molar refractivity (Wildman–Crippen MR) is 102 cm³/mol. The molecule has 2 amide bonds. The van der Waals surface area contributed by atoms with E-state index in [9.17, 15) is 4.79 Å². The van der Waals surface area contributed by atoms with E-state index < -0.39 is 0 Å². The van der Waals surface area contributed by atoms with Gasteiger partial charge in [0.05, 0.1) is 18.8 Å². The van der Waals surface area contributed by atoms with Crippen LogP contribution in [0.3, 0.4) is 0 Å². The first-order valence-electron chi connectivity index (χ1n) is 8.54. The summed E-state index contributed by atoms with van der Waals surface area (Å²) < 4.78 is 6.95. The molecule has 3 rings (SSSR count). The van der Waals surface area contributed by atoms with Crippen LogP contribution in [0.5, 0.6) is 5.75 Å². The van der Waals surface area contributed by atoms with Crippen LogP contribution in [-0.2, 0) is 0 Å². The zero-order chi connectivity index (χ0) is 19.4. The van der Waals surface area contributed by atoms with Crippen molar-refractivity contribution in [1.82, 2.24) is 25.5 Å². The Bertz CT molecular complexity index is 939.